The van der Waals surface area contributed by atoms with Gasteiger partial charge in [-0.2, -0.15) is 8.70 Å². The zero-order valence-corrected chi connectivity index (χ0v) is 12.7. The van der Waals surface area contributed by atoms with Gasteiger partial charge in [-0.15, -0.1) is 6.58 Å². The quantitative estimate of drug-likeness (QED) is 0.440. The summed E-state index contributed by atoms with van der Waals surface area (Å²) in [5, 5.41) is 10.8. The van der Waals surface area contributed by atoms with Crippen molar-refractivity contribution >= 4 is 15.7 Å². The number of halogens is 1. The zero-order valence-electron chi connectivity index (χ0n) is 11.9. The number of rotatable bonds is 7. The summed E-state index contributed by atoms with van der Waals surface area (Å²) >= 11 is 0. The fraction of sp³-hybridized carbons (Fsp3) is 0.385. The van der Waals surface area contributed by atoms with Crippen molar-refractivity contribution in [1.82, 2.24) is 4.31 Å². The molecule has 0 aliphatic rings. The minimum atomic E-state index is -3.94. The normalized spacial score (nSPS) is 11.6. The summed E-state index contributed by atoms with van der Waals surface area (Å²) in [7, 11) is -3.94. The van der Waals surface area contributed by atoms with Gasteiger partial charge in [-0.1, -0.05) is 13.0 Å². The Bertz CT molecular complexity index is 658. The van der Waals surface area contributed by atoms with Crippen LogP contribution in [0.4, 0.5) is 10.1 Å². The van der Waals surface area contributed by atoms with Crippen molar-refractivity contribution in [2.45, 2.75) is 25.2 Å². The highest BCUT2D eigenvalue weighted by Gasteiger charge is 2.28. The van der Waals surface area contributed by atoms with Crippen LogP contribution in [-0.2, 0) is 10.0 Å². The van der Waals surface area contributed by atoms with Gasteiger partial charge in [0.25, 0.3) is 0 Å². The van der Waals surface area contributed by atoms with Crippen LogP contribution in [0.25, 0.3) is 0 Å². The SMILES string of the molecule is C=CCN(CCC)S(=O)(=O)c1cc([N+](=O)[O-])c(F)cc1C. The largest absolute Gasteiger partial charge is 0.306 e. The van der Waals surface area contributed by atoms with Crippen molar-refractivity contribution in [3.8, 4) is 0 Å². The van der Waals surface area contributed by atoms with E-state index < -0.39 is 26.5 Å². The van der Waals surface area contributed by atoms with Crippen LogP contribution in [0.5, 0.6) is 0 Å². The summed E-state index contributed by atoms with van der Waals surface area (Å²) in [5.41, 5.74) is -0.725. The first kappa shape index (κ1) is 17.3. The second kappa shape index (κ2) is 6.77. The molecular formula is C13H17FN2O4S. The molecule has 116 valence electrons. The average molecular weight is 316 g/mol. The minimum Gasteiger partial charge on any atom is -0.258 e. The molecule has 0 unspecified atom stereocenters. The predicted octanol–water partition coefficient (Wildman–Crippen LogP) is 2.63. The number of nitro benzene ring substituents is 1. The highest BCUT2D eigenvalue weighted by atomic mass is 32.2. The van der Waals surface area contributed by atoms with Gasteiger partial charge in [-0.05, 0) is 25.0 Å². The number of aryl methyl sites for hydroxylation is 1. The van der Waals surface area contributed by atoms with Crippen molar-refractivity contribution in [2.75, 3.05) is 13.1 Å². The van der Waals surface area contributed by atoms with Gasteiger partial charge in [0.1, 0.15) is 0 Å². The van der Waals surface area contributed by atoms with Crippen LogP contribution >= 0.6 is 0 Å². The lowest BCUT2D eigenvalue weighted by Crippen LogP contribution is -2.32. The molecule has 0 atom stereocenters. The van der Waals surface area contributed by atoms with Crippen LogP contribution in [0.3, 0.4) is 0 Å². The second-order valence-corrected chi connectivity index (χ2v) is 6.38. The number of hydrogen-bond donors (Lipinski definition) is 0. The van der Waals surface area contributed by atoms with Gasteiger partial charge < -0.3 is 0 Å². The Morgan fingerprint density at radius 2 is 2.10 bits per heavy atom. The molecular weight excluding hydrogens is 299 g/mol. The second-order valence-electron chi connectivity index (χ2n) is 4.48. The summed E-state index contributed by atoms with van der Waals surface area (Å²) in [4.78, 5) is 9.58. The van der Waals surface area contributed by atoms with Crippen molar-refractivity contribution in [2.24, 2.45) is 0 Å². The number of sulfonamides is 1. The Hall–Kier alpha value is -1.80. The van der Waals surface area contributed by atoms with Gasteiger partial charge in [0.05, 0.1) is 9.82 Å². The highest BCUT2D eigenvalue weighted by molar-refractivity contribution is 7.89. The van der Waals surface area contributed by atoms with Crippen molar-refractivity contribution < 1.29 is 17.7 Å². The molecule has 0 radical (unpaired) electrons. The Labute approximate surface area is 123 Å². The molecule has 8 heteroatoms. The lowest BCUT2D eigenvalue weighted by Gasteiger charge is -2.21. The Kier molecular flexibility index (Phi) is 5.56. The fourth-order valence-corrected chi connectivity index (χ4v) is 3.63. The van der Waals surface area contributed by atoms with E-state index in [1.54, 1.807) is 0 Å². The van der Waals surface area contributed by atoms with E-state index in [-0.39, 0.29) is 23.5 Å². The third kappa shape index (κ3) is 3.64. The van der Waals surface area contributed by atoms with Gasteiger partial charge in [-0.3, -0.25) is 10.1 Å². The summed E-state index contributed by atoms with van der Waals surface area (Å²) in [5.74, 6) is -1.05. The maximum atomic E-state index is 13.5. The highest BCUT2D eigenvalue weighted by Crippen LogP contribution is 2.27. The molecule has 0 amide bonds. The van der Waals surface area contributed by atoms with Gasteiger partial charge in [0.2, 0.25) is 15.8 Å². The topological polar surface area (TPSA) is 80.5 Å². The third-order valence-corrected chi connectivity index (χ3v) is 4.87. The maximum absolute atomic E-state index is 13.5. The van der Waals surface area contributed by atoms with Crippen LogP contribution in [0, 0.1) is 22.9 Å². The Morgan fingerprint density at radius 3 is 2.57 bits per heavy atom. The molecule has 0 aliphatic heterocycles. The lowest BCUT2D eigenvalue weighted by molar-refractivity contribution is -0.387. The number of nitrogens with zero attached hydrogens (tertiary/aromatic N) is 2. The van der Waals surface area contributed by atoms with Crippen LogP contribution in [-0.4, -0.2) is 30.7 Å². The maximum Gasteiger partial charge on any atom is 0.306 e. The van der Waals surface area contributed by atoms with Crippen LogP contribution < -0.4 is 0 Å². The van der Waals surface area contributed by atoms with Crippen LogP contribution in [0.2, 0.25) is 0 Å². The standard InChI is InChI=1S/C13H17FN2O4S/c1-4-6-15(7-5-2)21(19,20)13-9-12(16(17)18)11(14)8-10(13)3/h4,8-9H,1,5-7H2,2-3H3. The summed E-state index contributed by atoms with van der Waals surface area (Å²) < 4.78 is 39.8. The molecule has 0 aromatic heterocycles. The van der Waals surface area contributed by atoms with Crippen molar-refractivity contribution in [1.29, 1.82) is 0 Å². The lowest BCUT2D eigenvalue weighted by atomic mass is 10.2. The minimum absolute atomic E-state index is 0.0841. The van der Waals surface area contributed by atoms with E-state index in [2.05, 4.69) is 6.58 Å². The molecule has 0 saturated heterocycles. The molecule has 0 bridgehead atoms. The van der Waals surface area contributed by atoms with Gasteiger partial charge in [0.15, 0.2) is 0 Å². The third-order valence-electron chi connectivity index (χ3n) is 2.86. The van der Waals surface area contributed by atoms with E-state index in [9.17, 15) is 22.9 Å². The summed E-state index contributed by atoms with van der Waals surface area (Å²) in [6.07, 6.45) is 2.01. The molecule has 0 spiro atoms. The summed E-state index contributed by atoms with van der Waals surface area (Å²) in [6.45, 7) is 7.04. The molecule has 0 aliphatic carbocycles. The molecule has 21 heavy (non-hydrogen) atoms. The van der Waals surface area contributed by atoms with Gasteiger partial charge in [0, 0.05) is 19.2 Å². The Morgan fingerprint density at radius 1 is 1.48 bits per heavy atom. The molecule has 0 heterocycles. The predicted molar refractivity (Wildman–Crippen MR) is 77.0 cm³/mol. The van der Waals surface area contributed by atoms with E-state index >= 15 is 0 Å². The van der Waals surface area contributed by atoms with Crippen molar-refractivity contribution in [3.05, 3.63) is 46.3 Å². The molecule has 1 aromatic rings. The van der Waals surface area contributed by atoms with E-state index in [4.69, 9.17) is 0 Å². The smallest absolute Gasteiger partial charge is 0.258 e. The fourth-order valence-electron chi connectivity index (χ4n) is 1.90. The summed E-state index contributed by atoms with van der Waals surface area (Å²) in [6, 6.07) is 1.63. The molecule has 1 rings (SSSR count). The first-order chi connectivity index (χ1) is 9.75. The van der Waals surface area contributed by atoms with E-state index in [1.807, 2.05) is 6.92 Å². The molecule has 6 nitrogen and oxygen atoms in total. The Balaban J connectivity index is 3.45. The van der Waals surface area contributed by atoms with E-state index in [0.29, 0.717) is 6.42 Å². The number of hydrogen-bond acceptors (Lipinski definition) is 4. The molecule has 0 saturated carbocycles. The van der Waals surface area contributed by atoms with Crippen LogP contribution in [0.15, 0.2) is 29.7 Å². The monoisotopic (exact) mass is 316 g/mol. The van der Waals surface area contributed by atoms with E-state index in [0.717, 1.165) is 16.4 Å². The van der Waals surface area contributed by atoms with Crippen LogP contribution in [0.1, 0.15) is 18.9 Å². The molecule has 0 N–H and O–H groups in total. The van der Waals surface area contributed by atoms with Gasteiger partial charge in [-0.25, -0.2) is 8.42 Å². The molecule has 0 fully saturated rings. The van der Waals surface area contributed by atoms with E-state index in [1.165, 1.54) is 13.0 Å². The average Bonchev–Trinajstić information content (AvgIpc) is 2.37. The first-order valence-corrected chi connectivity index (χ1v) is 7.75. The number of benzene rings is 1. The number of nitro groups is 1. The van der Waals surface area contributed by atoms with Crippen molar-refractivity contribution in [3.63, 3.8) is 0 Å². The zero-order chi connectivity index (χ0) is 16.2. The van der Waals surface area contributed by atoms with Gasteiger partial charge >= 0.3 is 5.69 Å². The molecule has 1 aromatic carbocycles. The first-order valence-electron chi connectivity index (χ1n) is 6.31.